The second-order valence-electron chi connectivity index (χ2n) is 6.76. The predicted molar refractivity (Wildman–Crippen MR) is 72.1 cm³/mol. The summed E-state index contributed by atoms with van der Waals surface area (Å²) in [5.41, 5.74) is 0.154. The van der Waals surface area contributed by atoms with Crippen LogP contribution in [0.2, 0.25) is 0 Å². The molecular formula is C15H27NO2. The molecule has 0 bridgehead atoms. The number of hydrogen-bond donors (Lipinski definition) is 1. The molecule has 2 fully saturated rings. The molecule has 1 aliphatic heterocycles. The average Bonchev–Trinajstić information content (AvgIpc) is 2.37. The minimum absolute atomic E-state index is 0.154. The first-order valence-electron chi connectivity index (χ1n) is 7.44. The van der Waals surface area contributed by atoms with Crippen LogP contribution in [-0.4, -0.2) is 35.6 Å². The van der Waals surface area contributed by atoms with Crippen LogP contribution in [0.1, 0.15) is 52.4 Å². The molecule has 2 atom stereocenters. The molecule has 0 aromatic carbocycles. The third-order valence-electron chi connectivity index (χ3n) is 4.89. The molecule has 1 saturated heterocycles. The van der Waals surface area contributed by atoms with E-state index in [0.717, 1.165) is 32.4 Å². The third-order valence-corrected chi connectivity index (χ3v) is 4.89. The van der Waals surface area contributed by atoms with Crippen LogP contribution >= 0.6 is 0 Å². The van der Waals surface area contributed by atoms with Gasteiger partial charge in [0.15, 0.2) is 0 Å². The van der Waals surface area contributed by atoms with Crippen molar-refractivity contribution in [3.63, 3.8) is 0 Å². The summed E-state index contributed by atoms with van der Waals surface area (Å²) < 4.78 is 0. The minimum Gasteiger partial charge on any atom is -0.396 e. The van der Waals surface area contributed by atoms with Gasteiger partial charge in [0.05, 0.1) is 0 Å². The number of piperidine rings is 1. The van der Waals surface area contributed by atoms with Crippen molar-refractivity contribution < 1.29 is 9.90 Å². The van der Waals surface area contributed by atoms with Crippen molar-refractivity contribution in [2.24, 2.45) is 17.3 Å². The molecule has 2 aliphatic rings. The Labute approximate surface area is 111 Å². The Kier molecular flexibility index (Phi) is 4.31. The Morgan fingerprint density at radius 2 is 2.06 bits per heavy atom. The maximum atomic E-state index is 12.7. The smallest absolute Gasteiger partial charge is 0.226 e. The predicted octanol–water partition coefficient (Wildman–Crippen LogP) is 2.43. The Morgan fingerprint density at radius 3 is 2.72 bits per heavy atom. The summed E-state index contributed by atoms with van der Waals surface area (Å²) in [5.74, 6) is 0.843. The number of likely N-dealkylation sites (tertiary alicyclic amines) is 1. The van der Waals surface area contributed by atoms with Gasteiger partial charge in [0.1, 0.15) is 0 Å². The Hall–Kier alpha value is -0.570. The quantitative estimate of drug-likeness (QED) is 0.821. The van der Waals surface area contributed by atoms with E-state index >= 15 is 0 Å². The fraction of sp³-hybridized carbons (Fsp3) is 0.933. The van der Waals surface area contributed by atoms with Gasteiger partial charge in [0, 0.05) is 25.6 Å². The van der Waals surface area contributed by atoms with Crippen LogP contribution < -0.4 is 0 Å². The van der Waals surface area contributed by atoms with Crippen molar-refractivity contribution in [2.75, 3.05) is 19.7 Å². The van der Waals surface area contributed by atoms with E-state index in [0.29, 0.717) is 11.8 Å². The summed E-state index contributed by atoms with van der Waals surface area (Å²) in [6.07, 6.45) is 6.78. The van der Waals surface area contributed by atoms with E-state index in [-0.39, 0.29) is 17.9 Å². The van der Waals surface area contributed by atoms with Crippen molar-refractivity contribution in [1.82, 2.24) is 4.90 Å². The van der Waals surface area contributed by atoms with E-state index in [1.165, 1.54) is 19.3 Å². The number of hydrogen-bond acceptors (Lipinski definition) is 2. The molecule has 1 N–H and O–H groups in total. The molecule has 3 heteroatoms. The third kappa shape index (κ3) is 2.87. The van der Waals surface area contributed by atoms with Gasteiger partial charge in [-0.3, -0.25) is 4.79 Å². The summed E-state index contributed by atoms with van der Waals surface area (Å²) in [6, 6.07) is 0. The molecule has 0 radical (unpaired) electrons. The first-order valence-corrected chi connectivity index (χ1v) is 7.44. The number of amides is 1. The Balaban J connectivity index is 2.01. The maximum Gasteiger partial charge on any atom is 0.226 e. The summed E-state index contributed by atoms with van der Waals surface area (Å²) in [4.78, 5) is 14.7. The number of rotatable bonds is 2. The van der Waals surface area contributed by atoms with E-state index < -0.39 is 0 Å². The molecule has 3 nitrogen and oxygen atoms in total. The Morgan fingerprint density at radius 1 is 1.28 bits per heavy atom. The highest BCUT2D eigenvalue weighted by Gasteiger charge is 2.39. The van der Waals surface area contributed by atoms with Crippen LogP contribution in [0, 0.1) is 17.3 Å². The molecular weight excluding hydrogens is 226 g/mol. The van der Waals surface area contributed by atoms with Crippen LogP contribution in [0.4, 0.5) is 0 Å². The molecule has 18 heavy (non-hydrogen) atoms. The molecule has 1 aliphatic carbocycles. The molecule has 1 amide bonds. The summed E-state index contributed by atoms with van der Waals surface area (Å²) in [5, 5.41) is 9.27. The van der Waals surface area contributed by atoms with Crippen LogP contribution in [-0.2, 0) is 4.79 Å². The van der Waals surface area contributed by atoms with Crippen molar-refractivity contribution in [1.29, 1.82) is 0 Å². The SMILES string of the molecule is CC1(C)CCCCC1C(=O)N1CCCC(CO)C1. The molecule has 2 unspecified atom stereocenters. The van der Waals surface area contributed by atoms with Gasteiger partial charge in [-0.05, 0) is 37.0 Å². The highest BCUT2D eigenvalue weighted by molar-refractivity contribution is 5.79. The molecule has 1 heterocycles. The zero-order chi connectivity index (χ0) is 13.2. The second kappa shape index (κ2) is 5.60. The average molecular weight is 253 g/mol. The van der Waals surface area contributed by atoms with Gasteiger partial charge in [-0.1, -0.05) is 26.7 Å². The van der Waals surface area contributed by atoms with Crippen molar-refractivity contribution in [3.8, 4) is 0 Å². The first-order chi connectivity index (χ1) is 8.54. The maximum absolute atomic E-state index is 12.7. The molecule has 0 spiro atoms. The molecule has 2 rings (SSSR count). The van der Waals surface area contributed by atoms with Crippen molar-refractivity contribution in [3.05, 3.63) is 0 Å². The van der Waals surface area contributed by atoms with Gasteiger partial charge < -0.3 is 10.0 Å². The van der Waals surface area contributed by atoms with E-state index in [9.17, 15) is 9.90 Å². The minimum atomic E-state index is 0.154. The molecule has 104 valence electrons. The summed E-state index contributed by atoms with van der Waals surface area (Å²) in [7, 11) is 0. The number of carbonyl (C=O) groups excluding carboxylic acids is 1. The number of carbonyl (C=O) groups is 1. The van der Waals surface area contributed by atoms with Gasteiger partial charge in [-0.25, -0.2) is 0 Å². The lowest BCUT2D eigenvalue weighted by molar-refractivity contribution is -0.143. The van der Waals surface area contributed by atoms with E-state index in [1.54, 1.807) is 0 Å². The topological polar surface area (TPSA) is 40.5 Å². The van der Waals surface area contributed by atoms with Crippen LogP contribution in [0.3, 0.4) is 0 Å². The molecule has 0 aromatic heterocycles. The van der Waals surface area contributed by atoms with Gasteiger partial charge in [0.2, 0.25) is 5.91 Å². The van der Waals surface area contributed by atoms with Crippen molar-refractivity contribution >= 4 is 5.91 Å². The molecule has 0 aromatic rings. The molecule has 1 saturated carbocycles. The highest BCUT2D eigenvalue weighted by atomic mass is 16.3. The lowest BCUT2D eigenvalue weighted by atomic mass is 9.68. The standard InChI is InChI=1S/C15H27NO2/c1-15(2)8-4-3-7-13(15)14(18)16-9-5-6-12(10-16)11-17/h12-13,17H,3-11H2,1-2H3. The van der Waals surface area contributed by atoms with Gasteiger partial charge in [-0.2, -0.15) is 0 Å². The summed E-state index contributed by atoms with van der Waals surface area (Å²) in [6.45, 7) is 6.35. The lowest BCUT2D eigenvalue weighted by Crippen LogP contribution is -2.48. The number of aliphatic hydroxyl groups is 1. The van der Waals surface area contributed by atoms with Gasteiger partial charge >= 0.3 is 0 Å². The number of aliphatic hydroxyl groups excluding tert-OH is 1. The van der Waals surface area contributed by atoms with E-state index in [2.05, 4.69) is 13.8 Å². The number of nitrogens with zero attached hydrogens (tertiary/aromatic N) is 1. The van der Waals surface area contributed by atoms with Crippen LogP contribution in [0.5, 0.6) is 0 Å². The fourth-order valence-electron chi connectivity index (χ4n) is 3.59. The second-order valence-corrected chi connectivity index (χ2v) is 6.76. The first kappa shape index (κ1) is 13.9. The monoisotopic (exact) mass is 253 g/mol. The van der Waals surface area contributed by atoms with E-state index in [4.69, 9.17) is 0 Å². The van der Waals surface area contributed by atoms with E-state index in [1.807, 2.05) is 4.90 Å². The normalized spacial score (nSPS) is 32.3. The van der Waals surface area contributed by atoms with Gasteiger partial charge in [0.25, 0.3) is 0 Å². The van der Waals surface area contributed by atoms with Crippen LogP contribution in [0.25, 0.3) is 0 Å². The van der Waals surface area contributed by atoms with Crippen LogP contribution in [0.15, 0.2) is 0 Å². The Bertz CT molecular complexity index is 301. The lowest BCUT2D eigenvalue weighted by Gasteiger charge is -2.42. The fourth-order valence-corrected chi connectivity index (χ4v) is 3.59. The summed E-state index contributed by atoms with van der Waals surface area (Å²) >= 11 is 0. The zero-order valence-corrected chi connectivity index (χ0v) is 11.8. The zero-order valence-electron chi connectivity index (χ0n) is 11.8. The largest absolute Gasteiger partial charge is 0.396 e. The van der Waals surface area contributed by atoms with Gasteiger partial charge in [-0.15, -0.1) is 0 Å². The van der Waals surface area contributed by atoms with Crippen molar-refractivity contribution in [2.45, 2.75) is 52.4 Å². The highest BCUT2D eigenvalue weighted by Crippen LogP contribution is 2.41.